The molecule has 0 saturated carbocycles. The average molecular weight is 205 g/mol. The molecule has 1 aromatic carbocycles. The summed E-state index contributed by atoms with van der Waals surface area (Å²) in [5.74, 6) is 5.25. The number of nitrogens with zero attached hydrogens (tertiary/aromatic N) is 1. The Kier molecular flexibility index (Phi) is 2.76. The van der Waals surface area contributed by atoms with Crippen molar-refractivity contribution in [3.05, 3.63) is 47.0 Å². The van der Waals surface area contributed by atoms with E-state index in [1.165, 1.54) is 16.9 Å². The lowest BCUT2D eigenvalue weighted by Gasteiger charge is -1.96. The van der Waals surface area contributed by atoms with Crippen molar-refractivity contribution in [2.45, 2.75) is 6.42 Å². The molecule has 0 aliphatic heterocycles. The first kappa shape index (κ1) is 9.18. The second-order valence-corrected chi connectivity index (χ2v) is 3.81. The van der Waals surface area contributed by atoms with Gasteiger partial charge in [0.1, 0.15) is 0 Å². The zero-order valence-electron chi connectivity index (χ0n) is 7.60. The van der Waals surface area contributed by atoms with E-state index >= 15 is 0 Å². The maximum absolute atomic E-state index is 5.25. The van der Waals surface area contributed by atoms with Crippen LogP contribution < -0.4 is 11.3 Å². The number of benzene rings is 1. The van der Waals surface area contributed by atoms with Crippen LogP contribution in [0.25, 0.3) is 0 Å². The Balaban J connectivity index is 2.11. The third-order valence-corrected chi connectivity index (χ3v) is 2.73. The Hall–Kier alpha value is -1.39. The van der Waals surface area contributed by atoms with Crippen molar-refractivity contribution < 1.29 is 0 Å². The summed E-state index contributed by atoms with van der Waals surface area (Å²) < 4.78 is 0. The maximum Gasteiger partial charge on any atom is 0.197 e. The van der Waals surface area contributed by atoms with Gasteiger partial charge in [0.2, 0.25) is 0 Å². The minimum atomic E-state index is 0.760. The Morgan fingerprint density at radius 1 is 1.29 bits per heavy atom. The molecule has 4 heteroatoms. The molecule has 2 rings (SSSR count). The van der Waals surface area contributed by atoms with Crippen LogP contribution in [0.15, 0.2) is 35.7 Å². The molecule has 0 radical (unpaired) electrons. The number of anilines is 1. The highest BCUT2D eigenvalue weighted by molar-refractivity contribution is 7.13. The van der Waals surface area contributed by atoms with E-state index in [0.717, 1.165) is 17.2 Å². The Morgan fingerprint density at radius 2 is 2.07 bits per heavy atom. The van der Waals surface area contributed by atoms with Crippen molar-refractivity contribution in [1.82, 2.24) is 4.98 Å². The van der Waals surface area contributed by atoms with Gasteiger partial charge in [-0.1, -0.05) is 30.3 Å². The van der Waals surface area contributed by atoms with Crippen molar-refractivity contribution in [2.75, 3.05) is 5.43 Å². The van der Waals surface area contributed by atoms with Crippen LogP contribution in [0.3, 0.4) is 0 Å². The zero-order chi connectivity index (χ0) is 9.80. The van der Waals surface area contributed by atoms with Crippen LogP contribution in [0.2, 0.25) is 0 Å². The number of nitrogens with one attached hydrogen (secondary N) is 1. The van der Waals surface area contributed by atoms with Crippen molar-refractivity contribution in [3.63, 3.8) is 0 Å². The van der Waals surface area contributed by atoms with Crippen molar-refractivity contribution >= 4 is 16.5 Å². The number of aromatic nitrogens is 1. The highest BCUT2D eigenvalue weighted by Gasteiger charge is 2.00. The van der Waals surface area contributed by atoms with Crippen molar-refractivity contribution in [2.24, 2.45) is 5.84 Å². The minimum Gasteiger partial charge on any atom is -0.300 e. The van der Waals surface area contributed by atoms with E-state index in [2.05, 4.69) is 22.5 Å². The topological polar surface area (TPSA) is 50.9 Å². The third-order valence-electron chi connectivity index (χ3n) is 1.90. The number of thiazole rings is 1. The van der Waals surface area contributed by atoms with Gasteiger partial charge in [0, 0.05) is 11.8 Å². The first-order valence-corrected chi connectivity index (χ1v) is 5.21. The maximum atomic E-state index is 5.25. The molecule has 1 aromatic heterocycles. The lowest BCUT2D eigenvalue weighted by atomic mass is 10.1. The number of nitrogens with two attached hydrogens (primary N) is 1. The molecule has 0 amide bonds. The smallest absolute Gasteiger partial charge is 0.197 e. The molecule has 0 unspecified atom stereocenters. The van der Waals surface area contributed by atoms with E-state index in [4.69, 9.17) is 5.84 Å². The highest BCUT2D eigenvalue weighted by Crippen LogP contribution is 2.16. The molecule has 0 aliphatic rings. The summed E-state index contributed by atoms with van der Waals surface area (Å²) >= 11 is 1.52. The first-order chi connectivity index (χ1) is 6.88. The Labute approximate surface area is 86.6 Å². The minimum absolute atomic E-state index is 0.760. The quantitative estimate of drug-likeness (QED) is 0.595. The number of nitrogen functional groups attached to an aromatic ring is 1. The van der Waals surface area contributed by atoms with Gasteiger partial charge in [0.05, 0.1) is 5.69 Å². The second kappa shape index (κ2) is 4.21. The largest absolute Gasteiger partial charge is 0.300 e. The predicted octanol–water partition coefficient (Wildman–Crippen LogP) is 2.02. The zero-order valence-corrected chi connectivity index (χ0v) is 8.42. The van der Waals surface area contributed by atoms with E-state index in [1.54, 1.807) is 0 Å². The fraction of sp³-hybridized carbons (Fsp3) is 0.100. The molecular weight excluding hydrogens is 194 g/mol. The SMILES string of the molecule is NNc1nc(Cc2ccccc2)cs1. The summed E-state index contributed by atoms with van der Waals surface area (Å²) in [6, 6.07) is 10.3. The van der Waals surface area contributed by atoms with Crippen LogP contribution in [0.4, 0.5) is 5.13 Å². The van der Waals surface area contributed by atoms with Gasteiger partial charge in [-0.3, -0.25) is 5.43 Å². The van der Waals surface area contributed by atoms with Gasteiger partial charge in [0.15, 0.2) is 5.13 Å². The van der Waals surface area contributed by atoms with Crippen molar-refractivity contribution in [1.29, 1.82) is 0 Å². The van der Waals surface area contributed by atoms with Gasteiger partial charge in [-0.15, -0.1) is 11.3 Å². The summed E-state index contributed by atoms with van der Waals surface area (Å²) in [6.45, 7) is 0. The molecule has 2 aromatic rings. The Bertz CT molecular complexity index is 397. The average Bonchev–Trinajstić information content (AvgIpc) is 2.67. The summed E-state index contributed by atoms with van der Waals surface area (Å²) in [5.41, 5.74) is 4.86. The third kappa shape index (κ3) is 2.10. The van der Waals surface area contributed by atoms with Crippen LogP contribution >= 0.6 is 11.3 Å². The van der Waals surface area contributed by atoms with Crippen LogP contribution in [0.5, 0.6) is 0 Å². The van der Waals surface area contributed by atoms with Gasteiger partial charge < -0.3 is 0 Å². The molecule has 0 atom stereocenters. The summed E-state index contributed by atoms with van der Waals surface area (Å²) in [6.07, 6.45) is 0.860. The normalized spacial score (nSPS) is 10.1. The number of rotatable bonds is 3. The lowest BCUT2D eigenvalue weighted by Crippen LogP contribution is -2.06. The van der Waals surface area contributed by atoms with E-state index in [1.807, 2.05) is 23.6 Å². The van der Waals surface area contributed by atoms with Gasteiger partial charge in [-0.05, 0) is 5.56 Å². The highest BCUT2D eigenvalue weighted by atomic mass is 32.1. The van der Waals surface area contributed by atoms with E-state index < -0.39 is 0 Å². The fourth-order valence-corrected chi connectivity index (χ4v) is 1.88. The van der Waals surface area contributed by atoms with E-state index in [0.29, 0.717) is 0 Å². The molecule has 0 spiro atoms. The molecule has 14 heavy (non-hydrogen) atoms. The monoisotopic (exact) mass is 205 g/mol. The van der Waals surface area contributed by atoms with Gasteiger partial charge >= 0.3 is 0 Å². The molecule has 72 valence electrons. The summed E-state index contributed by atoms with van der Waals surface area (Å²) in [7, 11) is 0. The number of hydrogen-bond donors (Lipinski definition) is 2. The standard InChI is InChI=1S/C10H11N3S/c11-13-10-12-9(7-14-10)6-8-4-2-1-3-5-8/h1-5,7H,6,11H2,(H,12,13). The molecule has 3 N–H and O–H groups in total. The summed E-state index contributed by atoms with van der Waals surface area (Å²) in [4.78, 5) is 4.31. The lowest BCUT2D eigenvalue weighted by molar-refractivity contribution is 1.10. The molecule has 3 nitrogen and oxygen atoms in total. The van der Waals surface area contributed by atoms with E-state index in [-0.39, 0.29) is 0 Å². The van der Waals surface area contributed by atoms with Gasteiger partial charge in [-0.2, -0.15) is 0 Å². The Morgan fingerprint density at radius 3 is 2.71 bits per heavy atom. The van der Waals surface area contributed by atoms with Crippen molar-refractivity contribution in [3.8, 4) is 0 Å². The first-order valence-electron chi connectivity index (χ1n) is 4.33. The molecule has 1 heterocycles. The van der Waals surface area contributed by atoms with Gasteiger partial charge in [0.25, 0.3) is 0 Å². The molecule has 0 saturated heterocycles. The number of hydrogen-bond acceptors (Lipinski definition) is 4. The molecule has 0 fully saturated rings. The van der Waals surface area contributed by atoms with Gasteiger partial charge in [-0.25, -0.2) is 10.8 Å². The van der Waals surface area contributed by atoms with Crippen LogP contribution in [-0.2, 0) is 6.42 Å². The molecule has 0 bridgehead atoms. The molecule has 0 aliphatic carbocycles. The number of hydrazine groups is 1. The van der Waals surface area contributed by atoms with Crippen LogP contribution in [-0.4, -0.2) is 4.98 Å². The predicted molar refractivity (Wildman–Crippen MR) is 59.2 cm³/mol. The molecular formula is C10H11N3S. The van der Waals surface area contributed by atoms with Crippen LogP contribution in [0.1, 0.15) is 11.3 Å². The van der Waals surface area contributed by atoms with Crippen LogP contribution in [0, 0.1) is 0 Å². The second-order valence-electron chi connectivity index (χ2n) is 2.95. The summed E-state index contributed by atoms with van der Waals surface area (Å²) in [5, 5.41) is 2.78. The fourth-order valence-electron chi connectivity index (χ4n) is 1.26. The van der Waals surface area contributed by atoms with E-state index in [9.17, 15) is 0 Å².